The summed E-state index contributed by atoms with van der Waals surface area (Å²) in [6.45, 7) is 0. The maximum absolute atomic E-state index is 11.4. The maximum atomic E-state index is 11.4. The van der Waals surface area contributed by atoms with Crippen molar-refractivity contribution in [1.82, 2.24) is 5.32 Å². The van der Waals surface area contributed by atoms with E-state index in [1.807, 2.05) is 0 Å². The summed E-state index contributed by atoms with van der Waals surface area (Å²) in [6.07, 6.45) is 0. The fourth-order valence-corrected chi connectivity index (χ4v) is 2.25. The van der Waals surface area contributed by atoms with E-state index in [1.54, 1.807) is 18.2 Å². The molecule has 0 saturated carbocycles. The zero-order valence-corrected chi connectivity index (χ0v) is 8.91. The molecule has 1 aromatic carbocycles. The number of nitrogens with two attached hydrogens (primary N) is 1. The van der Waals surface area contributed by atoms with E-state index >= 15 is 0 Å². The van der Waals surface area contributed by atoms with Crippen molar-refractivity contribution in [2.45, 2.75) is 5.25 Å². The quantitative estimate of drug-likeness (QED) is 0.795. The smallest absolute Gasteiger partial charge is 0.286 e. The van der Waals surface area contributed by atoms with Gasteiger partial charge in [0.05, 0.1) is 0 Å². The molecule has 1 unspecified atom stereocenters. The summed E-state index contributed by atoms with van der Waals surface area (Å²) in [4.78, 5) is 33.4. The Hall–Kier alpha value is -1.82. The molecule has 0 spiro atoms. The number of hydrogen-bond donors (Lipinski definition) is 2. The highest BCUT2D eigenvalue weighted by atomic mass is 32.2. The van der Waals surface area contributed by atoms with Gasteiger partial charge in [0.25, 0.3) is 5.24 Å². The first kappa shape index (κ1) is 10.7. The molecule has 1 aromatic rings. The number of primary amides is 1. The van der Waals surface area contributed by atoms with Crippen molar-refractivity contribution in [1.29, 1.82) is 0 Å². The minimum atomic E-state index is -0.591. The number of hydrogen-bond acceptors (Lipinski definition) is 4. The molecule has 1 aliphatic rings. The molecule has 0 aliphatic carbocycles. The lowest BCUT2D eigenvalue weighted by Gasteiger charge is -2.06. The van der Waals surface area contributed by atoms with Gasteiger partial charge in [-0.15, -0.1) is 0 Å². The van der Waals surface area contributed by atoms with Crippen LogP contribution in [0.4, 0.5) is 4.79 Å². The van der Waals surface area contributed by atoms with E-state index in [2.05, 4.69) is 5.32 Å². The third-order valence-electron chi connectivity index (χ3n) is 2.16. The second kappa shape index (κ2) is 3.97. The number of carbonyl (C=O) groups is 3. The van der Waals surface area contributed by atoms with Crippen molar-refractivity contribution >= 4 is 28.8 Å². The van der Waals surface area contributed by atoms with E-state index in [4.69, 9.17) is 5.73 Å². The molecule has 16 heavy (non-hydrogen) atoms. The van der Waals surface area contributed by atoms with E-state index in [-0.39, 0.29) is 11.1 Å². The zero-order chi connectivity index (χ0) is 11.7. The van der Waals surface area contributed by atoms with E-state index in [0.29, 0.717) is 11.1 Å². The monoisotopic (exact) mass is 236 g/mol. The third kappa shape index (κ3) is 1.92. The van der Waals surface area contributed by atoms with Gasteiger partial charge in [-0.25, -0.2) is 0 Å². The van der Waals surface area contributed by atoms with Crippen LogP contribution in [0.5, 0.6) is 0 Å². The van der Waals surface area contributed by atoms with E-state index in [1.165, 1.54) is 6.07 Å². The molecular weight excluding hydrogens is 228 g/mol. The predicted molar refractivity (Wildman–Crippen MR) is 58.8 cm³/mol. The minimum Gasteiger partial charge on any atom is -0.366 e. The highest BCUT2D eigenvalue weighted by Crippen LogP contribution is 2.34. The number of benzene rings is 1. The van der Waals surface area contributed by atoms with Crippen LogP contribution < -0.4 is 11.1 Å². The highest BCUT2D eigenvalue weighted by Gasteiger charge is 2.32. The minimum absolute atomic E-state index is 0.324. The number of nitrogens with one attached hydrogen (secondary N) is 1. The number of thioether (sulfide) groups is 1. The van der Waals surface area contributed by atoms with Crippen LogP contribution >= 0.6 is 11.8 Å². The lowest BCUT2D eigenvalue weighted by Crippen LogP contribution is -2.20. The Labute approximate surface area is 95.4 Å². The van der Waals surface area contributed by atoms with Crippen LogP contribution in [0.2, 0.25) is 0 Å². The third-order valence-corrected chi connectivity index (χ3v) is 3.20. The van der Waals surface area contributed by atoms with Gasteiger partial charge < -0.3 is 5.73 Å². The Morgan fingerprint density at radius 1 is 1.38 bits per heavy atom. The van der Waals surface area contributed by atoms with E-state index in [0.717, 1.165) is 11.8 Å². The van der Waals surface area contributed by atoms with Gasteiger partial charge in [-0.2, -0.15) is 0 Å². The van der Waals surface area contributed by atoms with Gasteiger partial charge in [0, 0.05) is 5.56 Å². The molecule has 82 valence electrons. The summed E-state index contributed by atoms with van der Waals surface area (Å²) < 4.78 is 0. The van der Waals surface area contributed by atoms with E-state index < -0.39 is 11.2 Å². The van der Waals surface area contributed by atoms with Crippen molar-refractivity contribution in [3.8, 4) is 0 Å². The predicted octanol–water partition coefficient (Wildman–Crippen LogP) is 0.810. The lowest BCUT2D eigenvalue weighted by atomic mass is 10.1. The van der Waals surface area contributed by atoms with Crippen LogP contribution in [0.3, 0.4) is 0 Å². The van der Waals surface area contributed by atoms with Gasteiger partial charge in [-0.1, -0.05) is 12.1 Å². The Balaban J connectivity index is 2.34. The maximum Gasteiger partial charge on any atom is 0.286 e. The number of amides is 3. The van der Waals surface area contributed by atoms with Crippen molar-refractivity contribution in [2.75, 3.05) is 0 Å². The van der Waals surface area contributed by atoms with Gasteiger partial charge in [0.1, 0.15) is 5.25 Å². The molecule has 1 aliphatic heterocycles. The zero-order valence-electron chi connectivity index (χ0n) is 8.10. The molecule has 1 saturated heterocycles. The van der Waals surface area contributed by atoms with Crippen molar-refractivity contribution in [2.24, 2.45) is 5.73 Å². The molecule has 6 heteroatoms. The summed E-state index contributed by atoms with van der Waals surface area (Å²) in [6, 6.07) is 6.40. The standard InChI is InChI=1S/C10H8N2O3S/c11-8(13)6-3-1-2-5(4-6)7-9(14)12-10(15)16-7/h1-4,7H,(H2,11,13)(H,12,14,15). The number of imide groups is 1. The first-order valence-corrected chi connectivity index (χ1v) is 5.37. The van der Waals surface area contributed by atoms with E-state index in [9.17, 15) is 14.4 Å². The Morgan fingerprint density at radius 2 is 2.12 bits per heavy atom. The Bertz CT molecular complexity index is 487. The summed E-state index contributed by atoms with van der Waals surface area (Å²) in [5, 5.41) is 1.22. The van der Waals surface area contributed by atoms with Gasteiger partial charge in [-0.05, 0) is 29.5 Å². The van der Waals surface area contributed by atoms with Crippen LogP contribution in [-0.2, 0) is 4.79 Å². The molecule has 0 radical (unpaired) electrons. The first-order chi connectivity index (χ1) is 7.58. The van der Waals surface area contributed by atoms with Crippen LogP contribution in [0.25, 0.3) is 0 Å². The average Bonchev–Trinajstić information content (AvgIpc) is 2.58. The molecule has 3 N–H and O–H groups in total. The van der Waals surface area contributed by atoms with Crippen LogP contribution in [0.15, 0.2) is 24.3 Å². The fraction of sp³-hybridized carbons (Fsp3) is 0.100. The second-order valence-electron chi connectivity index (χ2n) is 3.26. The average molecular weight is 236 g/mol. The molecule has 2 rings (SSSR count). The Morgan fingerprint density at radius 3 is 2.69 bits per heavy atom. The number of carbonyl (C=O) groups excluding carboxylic acids is 3. The molecule has 1 heterocycles. The summed E-state index contributed by atoms with van der Waals surface area (Å²) in [7, 11) is 0. The normalized spacial score (nSPS) is 19.6. The van der Waals surface area contributed by atoms with Crippen LogP contribution in [0, 0.1) is 0 Å². The van der Waals surface area contributed by atoms with Gasteiger partial charge in [-0.3, -0.25) is 19.7 Å². The largest absolute Gasteiger partial charge is 0.366 e. The molecule has 5 nitrogen and oxygen atoms in total. The Kier molecular flexibility index (Phi) is 2.66. The van der Waals surface area contributed by atoms with Crippen molar-refractivity contribution < 1.29 is 14.4 Å². The van der Waals surface area contributed by atoms with Gasteiger partial charge in [0.15, 0.2) is 0 Å². The summed E-state index contributed by atoms with van der Waals surface area (Å²) in [5.41, 5.74) is 6.06. The molecule has 0 bridgehead atoms. The molecule has 3 amide bonds. The van der Waals surface area contributed by atoms with Crippen molar-refractivity contribution in [3.05, 3.63) is 35.4 Å². The SMILES string of the molecule is NC(=O)c1cccc(C2SC(=O)NC2=O)c1. The molecule has 1 fully saturated rings. The second-order valence-corrected chi connectivity index (χ2v) is 4.34. The lowest BCUT2D eigenvalue weighted by molar-refractivity contribution is -0.119. The van der Waals surface area contributed by atoms with Gasteiger partial charge in [0.2, 0.25) is 11.8 Å². The first-order valence-electron chi connectivity index (χ1n) is 4.49. The molecular formula is C10H8N2O3S. The van der Waals surface area contributed by atoms with Gasteiger partial charge >= 0.3 is 0 Å². The van der Waals surface area contributed by atoms with Crippen LogP contribution in [-0.4, -0.2) is 17.1 Å². The highest BCUT2D eigenvalue weighted by molar-refractivity contribution is 8.15. The van der Waals surface area contributed by atoms with Crippen LogP contribution in [0.1, 0.15) is 21.2 Å². The number of rotatable bonds is 2. The fourth-order valence-electron chi connectivity index (χ4n) is 1.43. The van der Waals surface area contributed by atoms with Crippen molar-refractivity contribution in [3.63, 3.8) is 0 Å². The summed E-state index contributed by atoms with van der Waals surface area (Å²) >= 11 is 0.895. The molecule has 1 atom stereocenters. The summed E-state index contributed by atoms with van der Waals surface area (Å²) in [5.74, 6) is -0.923. The topological polar surface area (TPSA) is 89.3 Å². The molecule has 0 aromatic heterocycles.